The molecule has 1 saturated carbocycles. The van der Waals surface area contributed by atoms with Crippen LogP contribution < -0.4 is 10.1 Å². The van der Waals surface area contributed by atoms with Gasteiger partial charge in [-0.3, -0.25) is 9.59 Å². The molecule has 0 bridgehead atoms. The number of amides is 2. The van der Waals surface area contributed by atoms with E-state index in [1.165, 1.54) is 11.1 Å². The maximum Gasteiger partial charge on any atom is 0.224 e. The van der Waals surface area contributed by atoms with Crippen molar-refractivity contribution >= 4 is 17.5 Å². The molecule has 0 spiro atoms. The maximum atomic E-state index is 13.2. The first kappa shape index (κ1) is 20.1. The summed E-state index contributed by atoms with van der Waals surface area (Å²) in [6.07, 6.45) is 8.11. The van der Waals surface area contributed by atoms with E-state index in [0.29, 0.717) is 31.9 Å². The Balaban J connectivity index is 1.17. The number of anilines is 1. The van der Waals surface area contributed by atoms with Gasteiger partial charge in [-0.05, 0) is 79.8 Å². The van der Waals surface area contributed by atoms with E-state index in [9.17, 15) is 9.59 Å². The summed E-state index contributed by atoms with van der Waals surface area (Å²) in [4.78, 5) is 26.9. The van der Waals surface area contributed by atoms with Gasteiger partial charge >= 0.3 is 0 Å². The van der Waals surface area contributed by atoms with Crippen LogP contribution in [0.1, 0.15) is 67.7 Å². The normalized spacial score (nSPS) is 19.7. The fraction of sp³-hybridized carbons (Fsp3) is 0.462. The summed E-state index contributed by atoms with van der Waals surface area (Å²) < 4.78 is 5.92. The second-order valence-corrected chi connectivity index (χ2v) is 8.96. The van der Waals surface area contributed by atoms with Gasteiger partial charge in [-0.1, -0.05) is 24.3 Å². The second kappa shape index (κ2) is 8.74. The van der Waals surface area contributed by atoms with Crippen molar-refractivity contribution in [1.29, 1.82) is 0 Å². The average Bonchev–Trinajstić information content (AvgIpc) is 3.62. The highest BCUT2D eigenvalue weighted by atomic mass is 16.5. The highest BCUT2D eigenvalue weighted by Crippen LogP contribution is 2.41. The average molecular weight is 419 g/mol. The lowest BCUT2D eigenvalue weighted by Gasteiger charge is -2.36. The summed E-state index contributed by atoms with van der Waals surface area (Å²) in [5.41, 5.74) is 4.76. The second-order valence-electron chi connectivity index (χ2n) is 8.96. The Hall–Kier alpha value is -2.82. The predicted octanol–water partition coefficient (Wildman–Crippen LogP) is 4.80. The first-order chi connectivity index (χ1) is 15.2. The molecule has 162 valence electrons. The number of fused-ring (bicyclic) bond motifs is 2. The third-order valence-corrected chi connectivity index (χ3v) is 6.68. The zero-order chi connectivity index (χ0) is 21.2. The molecule has 2 amide bonds. The van der Waals surface area contributed by atoms with Gasteiger partial charge in [0.15, 0.2) is 0 Å². The monoisotopic (exact) mass is 418 g/mol. The van der Waals surface area contributed by atoms with Crippen LogP contribution in [0.5, 0.6) is 5.75 Å². The van der Waals surface area contributed by atoms with Crippen molar-refractivity contribution in [2.45, 2.75) is 69.9 Å². The van der Waals surface area contributed by atoms with Crippen molar-refractivity contribution in [1.82, 2.24) is 4.90 Å². The minimum absolute atomic E-state index is 0.0699. The zero-order valence-corrected chi connectivity index (χ0v) is 17.9. The van der Waals surface area contributed by atoms with E-state index in [4.69, 9.17) is 4.74 Å². The van der Waals surface area contributed by atoms with Crippen LogP contribution in [0.2, 0.25) is 0 Å². The van der Waals surface area contributed by atoms with Gasteiger partial charge in [-0.15, -0.1) is 0 Å². The van der Waals surface area contributed by atoms with Crippen LogP contribution in [-0.2, 0) is 22.4 Å². The Bertz CT molecular complexity index is 982. The number of carbonyl (C=O) groups is 2. The molecular weight excluding hydrogens is 388 g/mol. The Labute approximate surface area is 183 Å². The Morgan fingerprint density at radius 1 is 1.03 bits per heavy atom. The summed E-state index contributed by atoms with van der Waals surface area (Å²) in [5, 5.41) is 2.89. The van der Waals surface area contributed by atoms with Crippen LogP contribution in [0.3, 0.4) is 0 Å². The van der Waals surface area contributed by atoms with Crippen molar-refractivity contribution < 1.29 is 14.3 Å². The number of nitrogens with one attached hydrogen (secondary N) is 1. The van der Waals surface area contributed by atoms with E-state index in [1.807, 2.05) is 18.2 Å². The Morgan fingerprint density at radius 3 is 2.77 bits per heavy atom. The number of aryl methyl sites for hydroxylation is 2. The van der Waals surface area contributed by atoms with E-state index < -0.39 is 0 Å². The first-order valence-corrected chi connectivity index (χ1v) is 11.6. The number of nitrogens with zero attached hydrogens (tertiary/aromatic N) is 1. The lowest BCUT2D eigenvalue weighted by Crippen LogP contribution is -2.38. The lowest BCUT2D eigenvalue weighted by atomic mass is 9.86. The molecule has 1 aliphatic heterocycles. The highest BCUT2D eigenvalue weighted by Gasteiger charge is 2.38. The zero-order valence-electron chi connectivity index (χ0n) is 17.9. The van der Waals surface area contributed by atoms with E-state index >= 15 is 0 Å². The number of hydrogen-bond donors (Lipinski definition) is 1. The van der Waals surface area contributed by atoms with Gasteiger partial charge in [0.1, 0.15) is 5.75 Å². The van der Waals surface area contributed by atoms with Gasteiger partial charge in [0.25, 0.3) is 0 Å². The standard InChI is InChI=1S/C26H30N2O3/c29-25-15-10-19-17-21(13-14-23(19)27-25)31-16-4-9-26(30)28(20-11-12-20)24-8-3-6-18-5-1-2-7-22(18)24/h1-2,5,7,13-14,17,20,24H,3-4,6,8-12,15-16H2,(H,27,29). The molecule has 0 radical (unpaired) electrons. The van der Waals surface area contributed by atoms with Gasteiger partial charge in [-0.2, -0.15) is 0 Å². The minimum Gasteiger partial charge on any atom is -0.494 e. The molecule has 5 heteroatoms. The molecule has 5 nitrogen and oxygen atoms in total. The number of benzene rings is 2. The highest BCUT2D eigenvalue weighted by molar-refractivity contribution is 5.94. The molecule has 0 aromatic heterocycles. The molecule has 1 heterocycles. The summed E-state index contributed by atoms with van der Waals surface area (Å²) >= 11 is 0. The minimum atomic E-state index is 0.0699. The summed E-state index contributed by atoms with van der Waals surface area (Å²) in [5.74, 6) is 1.14. The molecule has 2 aromatic rings. The molecule has 1 atom stereocenters. The number of ether oxygens (including phenoxy) is 1. The third-order valence-electron chi connectivity index (χ3n) is 6.68. The van der Waals surface area contributed by atoms with Crippen LogP contribution in [0.4, 0.5) is 5.69 Å². The number of rotatable bonds is 7. The molecule has 2 aliphatic carbocycles. The molecule has 31 heavy (non-hydrogen) atoms. The topological polar surface area (TPSA) is 58.6 Å². The Kier molecular flexibility index (Phi) is 5.66. The molecule has 3 aliphatic rings. The fourth-order valence-electron chi connectivity index (χ4n) is 4.99. The molecule has 0 saturated heterocycles. The van der Waals surface area contributed by atoms with Gasteiger partial charge in [-0.25, -0.2) is 0 Å². The molecule has 1 unspecified atom stereocenters. The van der Waals surface area contributed by atoms with Crippen LogP contribution in [0.25, 0.3) is 0 Å². The molecule has 1 N–H and O–H groups in total. The summed E-state index contributed by atoms with van der Waals surface area (Å²) in [6, 6.07) is 15.1. The van der Waals surface area contributed by atoms with E-state index in [0.717, 1.165) is 55.5 Å². The molecule has 5 rings (SSSR count). The largest absolute Gasteiger partial charge is 0.494 e. The van der Waals surface area contributed by atoms with E-state index in [-0.39, 0.29) is 17.9 Å². The smallest absolute Gasteiger partial charge is 0.224 e. The lowest BCUT2D eigenvalue weighted by molar-refractivity contribution is -0.135. The first-order valence-electron chi connectivity index (χ1n) is 11.6. The van der Waals surface area contributed by atoms with E-state index in [2.05, 4.69) is 34.5 Å². The van der Waals surface area contributed by atoms with Crippen molar-refractivity contribution in [2.75, 3.05) is 11.9 Å². The summed E-state index contributed by atoms with van der Waals surface area (Å²) in [7, 11) is 0. The Morgan fingerprint density at radius 2 is 1.90 bits per heavy atom. The predicted molar refractivity (Wildman–Crippen MR) is 120 cm³/mol. The SMILES string of the molecule is O=C1CCc2cc(OCCCC(=O)N(C3CC3)C3CCCc4ccccc43)ccc2N1. The van der Waals surface area contributed by atoms with Crippen molar-refractivity contribution in [2.24, 2.45) is 0 Å². The van der Waals surface area contributed by atoms with Crippen molar-refractivity contribution in [3.05, 3.63) is 59.2 Å². The van der Waals surface area contributed by atoms with Crippen LogP contribution in [0, 0.1) is 0 Å². The van der Waals surface area contributed by atoms with Crippen molar-refractivity contribution in [3.63, 3.8) is 0 Å². The van der Waals surface area contributed by atoms with Crippen LogP contribution >= 0.6 is 0 Å². The van der Waals surface area contributed by atoms with Gasteiger partial charge in [0.2, 0.25) is 11.8 Å². The summed E-state index contributed by atoms with van der Waals surface area (Å²) in [6.45, 7) is 0.524. The molecular formula is C26H30N2O3. The van der Waals surface area contributed by atoms with Crippen LogP contribution in [0.15, 0.2) is 42.5 Å². The number of hydrogen-bond acceptors (Lipinski definition) is 3. The van der Waals surface area contributed by atoms with Gasteiger partial charge < -0.3 is 15.0 Å². The molecule has 2 aromatic carbocycles. The number of carbonyl (C=O) groups excluding carboxylic acids is 2. The third kappa shape index (κ3) is 4.46. The fourth-order valence-corrected chi connectivity index (χ4v) is 4.99. The van der Waals surface area contributed by atoms with Crippen LogP contribution in [-0.4, -0.2) is 29.4 Å². The van der Waals surface area contributed by atoms with Gasteiger partial charge in [0, 0.05) is 24.6 Å². The molecule has 1 fully saturated rings. The van der Waals surface area contributed by atoms with E-state index in [1.54, 1.807) is 0 Å². The van der Waals surface area contributed by atoms with Gasteiger partial charge in [0.05, 0.1) is 12.6 Å². The maximum absolute atomic E-state index is 13.2. The quantitative estimate of drug-likeness (QED) is 0.657. The van der Waals surface area contributed by atoms with Crippen molar-refractivity contribution in [3.8, 4) is 5.75 Å².